The van der Waals surface area contributed by atoms with E-state index >= 15 is 0 Å². The fourth-order valence-corrected chi connectivity index (χ4v) is 4.12. The van der Waals surface area contributed by atoms with Crippen molar-refractivity contribution in [2.45, 2.75) is 43.9 Å². The van der Waals surface area contributed by atoms with Gasteiger partial charge in [-0.2, -0.15) is 0 Å². The molecule has 0 aliphatic rings. The van der Waals surface area contributed by atoms with Crippen LogP contribution < -0.4 is 10.1 Å². The minimum atomic E-state index is -0.111. The molecule has 7 heteroatoms. The maximum Gasteiger partial charge on any atom is 0.251 e. The Labute approximate surface area is 179 Å². The second kappa shape index (κ2) is 11.0. The first kappa shape index (κ1) is 21.3. The fraction of sp³-hybridized carbons (Fsp3) is 0.318. The number of benzene rings is 1. The van der Waals surface area contributed by atoms with Gasteiger partial charge in [0, 0.05) is 39.9 Å². The maximum absolute atomic E-state index is 12.5. The predicted octanol–water partition coefficient (Wildman–Crippen LogP) is 5.25. The van der Waals surface area contributed by atoms with Crippen LogP contribution in [0.3, 0.4) is 0 Å². The van der Waals surface area contributed by atoms with Crippen molar-refractivity contribution in [3.05, 3.63) is 69.8 Å². The van der Waals surface area contributed by atoms with Crippen molar-refractivity contribution in [1.29, 1.82) is 0 Å². The van der Waals surface area contributed by atoms with E-state index in [0.29, 0.717) is 24.6 Å². The van der Waals surface area contributed by atoms with Gasteiger partial charge in [-0.25, -0.2) is 9.97 Å². The molecule has 0 spiro atoms. The summed E-state index contributed by atoms with van der Waals surface area (Å²) in [6.07, 6.45) is 3.75. The van der Waals surface area contributed by atoms with Gasteiger partial charge in [-0.1, -0.05) is 19.4 Å². The molecule has 2 heterocycles. The molecule has 3 rings (SSSR count). The molecule has 0 radical (unpaired) electrons. The zero-order chi connectivity index (χ0) is 20.5. The highest BCUT2D eigenvalue weighted by molar-refractivity contribution is 7.98. The van der Waals surface area contributed by atoms with Crippen LogP contribution in [0.2, 0.25) is 0 Å². The zero-order valence-electron chi connectivity index (χ0n) is 16.7. The number of thioether (sulfide) groups is 1. The van der Waals surface area contributed by atoms with Gasteiger partial charge in [0.25, 0.3) is 5.91 Å². The number of nitrogens with zero attached hydrogens (tertiary/aromatic N) is 2. The first-order valence-corrected chi connectivity index (χ1v) is 11.5. The van der Waals surface area contributed by atoms with Crippen LogP contribution in [0.4, 0.5) is 0 Å². The maximum atomic E-state index is 12.5. The third kappa shape index (κ3) is 6.58. The standard InChI is InChI=1S/C22H25N3O2S2/c1-3-4-12-27-22-18(6-5-11-23-22)13-24-21(26)17-7-9-20(10-8-17)29-15-19-14-28-16(2)25-19/h5-11,14H,3-4,12-13,15H2,1-2H3,(H,24,26). The van der Waals surface area contributed by atoms with E-state index in [1.807, 2.05) is 43.3 Å². The number of hydrogen-bond acceptors (Lipinski definition) is 6. The van der Waals surface area contributed by atoms with Crippen molar-refractivity contribution in [1.82, 2.24) is 15.3 Å². The van der Waals surface area contributed by atoms with Gasteiger partial charge in [0.1, 0.15) is 0 Å². The third-order valence-electron chi connectivity index (χ3n) is 4.20. The van der Waals surface area contributed by atoms with Gasteiger partial charge >= 0.3 is 0 Å². The van der Waals surface area contributed by atoms with Gasteiger partial charge < -0.3 is 10.1 Å². The first-order chi connectivity index (χ1) is 14.2. The molecule has 0 saturated carbocycles. The van der Waals surface area contributed by atoms with Crippen LogP contribution in [0.15, 0.2) is 52.9 Å². The number of amides is 1. The average Bonchev–Trinajstić information content (AvgIpc) is 3.17. The van der Waals surface area contributed by atoms with Crippen molar-refractivity contribution < 1.29 is 9.53 Å². The molecule has 0 atom stereocenters. The van der Waals surface area contributed by atoms with Crippen molar-refractivity contribution in [3.63, 3.8) is 0 Å². The average molecular weight is 428 g/mol. The molecule has 152 valence electrons. The summed E-state index contributed by atoms with van der Waals surface area (Å²) >= 11 is 3.38. The van der Waals surface area contributed by atoms with E-state index in [4.69, 9.17) is 4.74 Å². The number of rotatable bonds is 10. The van der Waals surface area contributed by atoms with Crippen LogP contribution in [0, 0.1) is 6.92 Å². The number of pyridine rings is 1. The van der Waals surface area contributed by atoms with Crippen molar-refractivity contribution >= 4 is 29.0 Å². The number of carbonyl (C=O) groups is 1. The van der Waals surface area contributed by atoms with Crippen LogP contribution in [-0.4, -0.2) is 22.5 Å². The topological polar surface area (TPSA) is 64.1 Å². The summed E-state index contributed by atoms with van der Waals surface area (Å²) in [5.74, 6) is 1.31. The molecule has 0 aliphatic carbocycles. The lowest BCUT2D eigenvalue weighted by molar-refractivity contribution is 0.0950. The van der Waals surface area contributed by atoms with Crippen molar-refractivity contribution in [2.24, 2.45) is 0 Å². The highest BCUT2D eigenvalue weighted by Gasteiger charge is 2.09. The summed E-state index contributed by atoms with van der Waals surface area (Å²) in [5.41, 5.74) is 2.60. The minimum absolute atomic E-state index is 0.111. The normalized spacial score (nSPS) is 10.7. The summed E-state index contributed by atoms with van der Waals surface area (Å²) in [6, 6.07) is 11.4. The number of nitrogens with one attached hydrogen (secondary N) is 1. The lowest BCUT2D eigenvalue weighted by Gasteiger charge is -2.11. The highest BCUT2D eigenvalue weighted by Crippen LogP contribution is 2.24. The minimum Gasteiger partial charge on any atom is -0.477 e. The van der Waals surface area contributed by atoms with Crippen LogP contribution >= 0.6 is 23.1 Å². The summed E-state index contributed by atoms with van der Waals surface area (Å²) < 4.78 is 5.73. The number of unbranched alkanes of at least 4 members (excludes halogenated alkanes) is 1. The van der Waals surface area contributed by atoms with E-state index in [-0.39, 0.29) is 5.91 Å². The van der Waals surface area contributed by atoms with E-state index in [0.717, 1.165) is 39.8 Å². The number of hydrogen-bond donors (Lipinski definition) is 1. The lowest BCUT2D eigenvalue weighted by Crippen LogP contribution is -2.23. The van der Waals surface area contributed by atoms with Gasteiger partial charge in [0.15, 0.2) is 0 Å². The highest BCUT2D eigenvalue weighted by atomic mass is 32.2. The monoisotopic (exact) mass is 427 g/mol. The second-order valence-electron chi connectivity index (χ2n) is 6.52. The Kier molecular flexibility index (Phi) is 8.07. The van der Waals surface area contributed by atoms with E-state index < -0.39 is 0 Å². The Morgan fingerprint density at radius 2 is 2.07 bits per heavy atom. The number of aromatic nitrogens is 2. The molecule has 2 aromatic heterocycles. The predicted molar refractivity (Wildman–Crippen MR) is 119 cm³/mol. The van der Waals surface area contributed by atoms with E-state index in [1.54, 1.807) is 29.3 Å². The molecule has 0 aliphatic heterocycles. The molecule has 1 amide bonds. The first-order valence-electron chi connectivity index (χ1n) is 9.64. The van der Waals surface area contributed by atoms with Gasteiger partial charge in [-0.05, 0) is 43.7 Å². The summed E-state index contributed by atoms with van der Waals surface area (Å²) in [7, 11) is 0. The number of thiazole rings is 1. The molecule has 5 nitrogen and oxygen atoms in total. The molecule has 0 fully saturated rings. The molecular weight excluding hydrogens is 402 g/mol. The molecule has 0 bridgehead atoms. The molecule has 0 saturated heterocycles. The molecule has 3 aromatic rings. The quantitative estimate of drug-likeness (QED) is 0.354. The Bertz CT molecular complexity index is 926. The number of ether oxygens (including phenoxy) is 1. The van der Waals surface area contributed by atoms with Gasteiger partial charge in [-0.3, -0.25) is 4.79 Å². The summed E-state index contributed by atoms with van der Waals surface area (Å²) in [4.78, 5) is 22.4. The van der Waals surface area contributed by atoms with Gasteiger partial charge in [0.2, 0.25) is 5.88 Å². The molecule has 29 heavy (non-hydrogen) atoms. The van der Waals surface area contributed by atoms with Crippen LogP contribution in [0.5, 0.6) is 5.88 Å². The Morgan fingerprint density at radius 1 is 1.24 bits per heavy atom. The van der Waals surface area contributed by atoms with Crippen molar-refractivity contribution in [3.8, 4) is 5.88 Å². The smallest absolute Gasteiger partial charge is 0.251 e. The number of aryl methyl sites for hydroxylation is 1. The van der Waals surface area contributed by atoms with Gasteiger partial charge in [0.05, 0.1) is 17.3 Å². The van der Waals surface area contributed by atoms with Crippen LogP contribution in [-0.2, 0) is 12.3 Å². The largest absolute Gasteiger partial charge is 0.477 e. The lowest BCUT2D eigenvalue weighted by atomic mass is 10.2. The molecule has 1 aromatic carbocycles. The Balaban J connectivity index is 1.52. The zero-order valence-corrected chi connectivity index (χ0v) is 18.3. The molecule has 1 N–H and O–H groups in total. The summed E-state index contributed by atoms with van der Waals surface area (Å²) in [5, 5.41) is 6.12. The fourth-order valence-electron chi connectivity index (χ4n) is 2.61. The van der Waals surface area contributed by atoms with Crippen LogP contribution in [0.1, 0.15) is 46.4 Å². The molecule has 0 unspecified atom stereocenters. The van der Waals surface area contributed by atoms with E-state index in [2.05, 4.69) is 27.6 Å². The van der Waals surface area contributed by atoms with Crippen LogP contribution in [0.25, 0.3) is 0 Å². The number of carbonyl (C=O) groups excluding carboxylic acids is 1. The molecular formula is C22H25N3O2S2. The van der Waals surface area contributed by atoms with Gasteiger partial charge in [-0.15, -0.1) is 23.1 Å². The Hall–Kier alpha value is -2.38. The Morgan fingerprint density at radius 3 is 2.79 bits per heavy atom. The van der Waals surface area contributed by atoms with E-state index in [9.17, 15) is 4.79 Å². The SMILES string of the molecule is CCCCOc1ncccc1CNC(=O)c1ccc(SCc2csc(C)n2)cc1. The second-order valence-corrected chi connectivity index (χ2v) is 8.63. The van der Waals surface area contributed by atoms with Crippen molar-refractivity contribution in [2.75, 3.05) is 6.61 Å². The summed E-state index contributed by atoms with van der Waals surface area (Å²) in [6.45, 7) is 5.15. The third-order valence-corrected chi connectivity index (χ3v) is 6.06. The van der Waals surface area contributed by atoms with E-state index in [1.165, 1.54) is 0 Å².